The zero-order valence-electron chi connectivity index (χ0n) is 11.1. The van der Waals surface area contributed by atoms with Crippen LogP contribution in [0.15, 0.2) is 18.2 Å². The van der Waals surface area contributed by atoms with E-state index < -0.39 is 11.8 Å². The molecule has 0 fully saturated rings. The van der Waals surface area contributed by atoms with E-state index in [2.05, 4.69) is 13.8 Å². The summed E-state index contributed by atoms with van der Waals surface area (Å²) < 4.78 is 13.7. The van der Waals surface area contributed by atoms with Gasteiger partial charge in [-0.1, -0.05) is 19.9 Å². The Hall–Kier alpha value is -1.42. The van der Waals surface area contributed by atoms with Gasteiger partial charge in [0.2, 0.25) is 0 Å². The zero-order chi connectivity index (χ0) is 13.7. The molecule has 0 heterocycles. The van der Waals surface area contributed by atoms with Crippen molar-refractivity contribution >= 4 is 5.97 Å². The Morgan fingerprint density at radius 1 is 1.44 bits per heavy atom. The summed E-state index contributed by atoms with van der Waals surface area (Å²) in [7, 11) is 1.94. The van der Waals surface area contributed by atoms with Crippen molar-refractivity contribution in [1.29, 1.82) is 0 Å². The molecule has 0 aliphatic carbocycles. The van der Waals surface area contributed by atoms with Gasteiger partial charge in [0.25, 0.3) is 0 Å². The molecule has 0 aliphatic heterocycles. The second-order valence-corrected chi connectivity index (χ2v) is 5.03. The minimum Gasteiger partial charge on any atom is -0.478 e. The molecule has 3 nitrogen and oxygen atoms in total. The summed E-state index contributed by atoms with van der Waals surface area (Å²) in [5, 5.41) is 8.75. The van der Waals surface area contributed by atoms with Gasteiger partial charge in [-0.05, 0) is 38.1 Å². The summed E-state index contributed by atoms with van der Waals surface area (Å²) >= 11 is 0. The zero-order valence-corrected chi connectivity index (χ0v) is 11.1. The molecule has 0 radical (unpaired) electrons. The molecule has 0 saturated carbocycles. The monoisotopic (exact) mass is 253 g/mol. The van der Waals surface area contributed by atoms with E-state index in [4.69, 9.17) is 5.11 Å². The smallest absolute Gasteiger partial charge is 0.335 e. The highest BCUT2D eigenvalue weighted by molar-refractivity contribution is 5.87. The normalized spacial score (nSPS) is 11.2. The first-order valence-electron chi connectivity index (χ1n) is 6.10. The summed E-state index contributed by atoms with van der Waals surface area (Å²) in [6.45, 7) is 5.70. The number of hydrogen-bond acceptors (Lipinski definition) is 2. The maximum absolute atomic E-state index is 13.7. The van der Waals surface area contributed by atoms with Crippen LogP contribution in [0.5, 0.6) is 0 Å². The first-order valence-corrected chi connectivity index (χ1v) is 6.10. The molecule has 1 aromatic carbocycles. The lowest BCUT2D eigenvalue weighted by Crippen LogP contribution is -2.21. The van der Waals surface area contributed by atoms with Crippen LogP contribution in [0.4, 0.5) is 4.39 Å². The van der Waals surface area contributed by atoms with Gasteiger partial charge >= 0.3 is 5.97 Å². The molecule has 18 heavy (non-hydrogen) atoms. The minimum absolute atomic E-state index is 0.0129. The molecule has 0 amide bonds. The van der Waals surface area contributed by atoms with E-state index in [9.17, 15) is 9.18 Å². The third-order valence-corrected chi connectivity index (χ3v) is 2.83. The Morgan fingerprint density at radius 2 is 2.11 bits per heavy atom. The molecule has 1 N–H and O–H groups in total. The van der Waals surface area contributed by atoms with Crippen LogP contribution in [0.25, 0.3) is 0 Å². The van der Waals surface area contributed by atoms with E-state index in [0.29, 0.717) is 18.0 Å². The standard InChI is InChI=1S/C14H20FNO2/c1-10(2)6-7-16(3)9-12-5-4-11(14(17)18)8-13(12)15/h4-5,8,10H,6-7,9H2,1-3H3,(H,17,18). The Morgan fingerprint density at radius 3 is 2.61 bits per heavy atom. The SMILES string of the molecule is CC(C)CCN(C)Cc1ccc(C(=O)O)cc1F. The largest absolute Gasteiger partial charge is 0.478 e. The van der Waals surface area contributed by atoms with Crippen LogP contribution in [0, 0.1) is 11.7 Å². The van der Waals surface area contributed by atoms with E-state index in [0.717, 1.165) is 19.0 Å². The highest BCUT2D eigenvalue weighted by Crippen LogP contribution is 2.13. The number of carboxylic acids is 1. The molecule has 1 aromatic rings. The van der Waals surface area contributed by atoms with Crippen molar-refractivity contribution in [2.24, 2.45) is 5.92 Å². The van der Waals surface area contributed by atoms with Crippen LogP contribution in [0.2, 0.25) is 0 Å². The van der Waals surface area contributed by atoms with Crippen LogP contribution >= 0.6 is 0 Å². The lowest BCUT2D eigenvalue weighted by atomic mass is 10.1. The molecular formula is C14H20FNO2. The summed E-state index contributed by atoms with van der Waals surface area (Å²) in [4.78, 5) is 12.7. The predicted octanol–water partition coefficient (Wildman–Crippen LogP) is 3.00. The van der Waals surface area contributed by atoms with E-state index in [1.54, 1.807) is 6.07 Å². The van der Waals surface area contributed by atoms with Gasteiger partial charge < -0.3 is 10.0 Å². The van der Waals surface area contributed by atoms with E-state index in [-0.39, 0.29) is 5.56 Å². The van der Waals surface area contributed by atoms with Crippen LogP contribution in [0.1, 0.15) is 36.2 Å². The highest BCUT2D eigenvalue weighted by Gasteiger charge is 2.10. The molecular weight excluding hydrogens is 233 g/mol. The van der Waals surface area contributed by atoms with Gasteiger partial charge in [0.1, 0.15) is 5.82 Å². The number of carbonyl (C=O) groups is 1. The minimum atomic E-state index is -1.10. The Kier molecular flexibility index (Phi) is 5.28. The number of aromatic carboxylic acids is 1. The second-order valence-electron chi connectivity index (χ2n) is 5.03. The van der Waals surface area contributed by atoms with Gasteiger partial charge in [0.15, 0.2) is 0 Å². The third kappa shape index (κ3) is 4.45. The molecule has 0 atom stereocenters. The number of benzene rings is 1. The first kappa shape index (κ1) is 14.6. The molecule has 0 spiro atoms. The predicted molar refractivity (Wildman–Crippen MR) is 69.1 cm³/mol. The topological polar surface area (TPSA) is 40.5 Å². The van der Waals surface area contributed by atoms with Crippen molar-refractivity contribution in [1.82, 2.24) is 4.90 Å². The quantitative estimate of drug-likeness (QED) is 0.847. The van der Waals surface area contributed by atoms with Crippen LogP contribution in [-0.2, 0) is 6.54 Å². The van der Waals surface area contributed by atoms with Crippen LogP contribution < -0.4 is 0 Å². The molecule has 4 heteroatoms. The molecule has 0 unspecified atom stereocenters. The number of rotatable bonds is 6. The van der Waals surface area contributed by atoms with Crippen LogP contribution in [-0.4, -0.2) is 29.6 Å². The summed E-state index contributed by atoms with van der Waals surface area (Å²) in [6, 6.07) is 4.07. The van der Waals surface area contributed by atoms with Crippen molar-refractivity contribution in [3.05, 3.63) is 35.1 Å². The summed E-state index contributed by atoms with van der Waals surface area (Å²) in [5.41, 5.74) is 0.521. The van der Waals surface area contributed by atoms with Gasteiger partial charge in [-0.15, -0.1) is 0 Å². The van der Waals surface area contributed by atoms with E-state index in [1.165, 1.54) is 6.07 Å². The Bertz CT molecular complexity index is 418. The van der Waals surface area contributed by atoms with Crippen molar-refractivity contribution in [2.75, 3.05) is 13.6 Å². The fourth-order valence-corrected chi connectivity index (χ4v) is 1.66. The molecule has 0 aromatic heterocycles. The number of nitrogens with zero attached hydrogens (tertiary/aromatic N) is 1. The maximum Gasteiger partial charge on any atom is 0.335 e. The second kappa shape index (κ2) is 6.50. The number of carboxylic acid groups (broad SMARTS) is 1. The van der Waals surface area contributed by atoms with Crippen molar-refractivity contribution in [3.63, 3.8) is 0 Å². The molecule has 100 valence electrons. The van der Waals surface area contributed by atoms with Crippen molar-refractivity contribution in [3.8, 4) is 0 Å². The Balaban J connectivity index is 2.64. The van der Waals surface area contributed by atoms with Crippen molar-refractivity contribution < 1.29 is 14.3 Å². The molecule has 1 rings (SSSR count). The van der Waals surface area contributed by atoms with Gasteiger partial charge in [0.05, 0.1) is 5.56 Å². The fraction of sp³-hybridized carbons (Fsp3) is 0.500. The number of hydrogen-bond donors (Lipinski definition) is 1. The van der Waals surface area contributed by atoms with Crippen LogP contribution in [0.3, 0.4) is 0 Å². The summed E-state index contributed by atoms with van der Waals surface area (Å²) in [5.74, 6) is -0.938. The number of halogens is 1. The highest BCUT2D eigenvalue weighted by atomic mass is 19.1. The fourth-order valence-electron chi connectivity index (χ4n) is 1.66. The summed E-state index contributed by atoms with van der Waals surface area (Å²) in [6.07, 6.45) is 1.06. The van der Waals surface area contributed by atoms with Gasteiger partial charge in [0, 0.05) is 12.1 Å². The Labute approximate surface area is 107 Å². The van der Waals surface area contributed by atoms with Crippen molar-refractivity contribution in [2.45, 2.75) is 26.8 Å². The molecule has 0 aliphatic rings. The average Bonchev–Trinajstić information content (AvgIpc) is 2.29. The lowest BCUT2D eigenvalue weighted by Gasteiger charge is -2.18. The average molecular weight is 253 g/mol. The third-order valence-electron chi connectivity index (χ3n) is 2.83. The molecule has 0 saturated heterocycles. The molecule has 0 bridgehead atoms. The maximum atomic E-state index is 13.7. The first-order chi connectivity index (χ1) is 8.40. The van der Waals surface area contributed by atoms with E-state index in [1.807, 2.05) is 11.9 Å². The van der Waals surface area contributed by atoms with Gasteiger partial charge in [-0.3, -0.25) is 0 Å². The van der Waals surface area contributed by atoms with E-state index >= 15 is 0 Å². The lowest BCUT2D eigenvalue weighted by molar-refractivity contribution is 0.0696. The van der Waals surface area contributed by atoms with Gasteiger partial charge in [-0.2, -0.15) is 0 Å². The van der Waals surface area contributed by atoms with Gasteiger partial charge in [-0.25, -0.2) is 9.18 Å².